The molecule has 16 heteroatoms. The number of benzene rings is 1. The lowest BCUT2D eigenvalue weighted by Gasteiger charge is -2.40. The highest BCUT2D eigenvalue weighted by atomic mass is 16.6. The van der Waals surface area contributed by atoms with E-state index in [0.29, 0.717) is 50.7 Å². The number of ether oxygens (including phenoxy) is 4. The summed E-state index contributed by atoms with van der Waals surface area (Å²) in [5.74, 6) is 1.12. The van der Waals surface area contributed by atoms with Gasteiger partial charge in [-0.3, -0.25) is 0 Å². The average Bonchev–Trinajstić information content (AvgIpc) is 2.96. The second-order valence-corrected chi connectivity index (χ2v) is 18.0. The van der Waals surface area contributed by atoms with Crippen molar-refractivity contribution in [3.8, 4) is 0 Å². The number of piperidine rings is 2. The maximum Gasteiger partial charge on any atom is 0.407 e. The summed E-state index contributed by atoms with van der Waals surface area (Å²) in [6.45, 7) is 23.0. The number of aromatic nitrogens is 2. The van der Waals surface area contributed by atoms with Gasteiger partial charge in [0.15, 0.2) is 11.6 Å². The lowest BCUT2D eigenvalue weighted by atomic mass is 9.99. The van der Waals surface area contributed by atoms with E-state index in [-0.39, 0.29) is 0 Å². The Kier molecular flexibility index (Phi) is 12.7. The van der Waals surface area contributed by atoms with Crippen LogP contribution < -0.4 is 31.1 Å². The van der Waals surface area contributed by atoms with Crippen molar-refractivity contribution < 1.29 is 38.1 Å². The topological polar surface area (TPSA) is 186 Å². The monoisotopic (exact) mass is 756 g/mol. The Morgan fingerprint density at radius 2 is 0.741 bits per heavy atom. The summed E-state index contributed by atoms with van der Waals surface area (Å²) in [5, 5.41) is 22.9. The van der Waals surface area contributed by atoms with Crippen molar-refractivity contribution in [3.05, 3.63) is 24.3 Å². The molecule has 0 aliphatic carbocycles. The Morgan fingerprint density at radius 1 is 0.500 bits per heavy atom. The standard InChI is InChI=1S/C38H60N8O8/c1-35(2,3)51-31(47)39-23-17-24(40-32(48)52-36(4,5)6)20-45(19-23)29-27-15-13-14-16-28(27)30(44-43-29)46-21-25(41-33(49)53-37(7,8)9)18-26(22-46)42-34(50)54-38(10,11)12/h13-16,23-26H,17-22H2,1-12H3,(H,39,47)(H,40,48)(H,41,49)(H,42,50). The summed E-state index contributed by atoms with van der Waals surface area (Å²) in [5.41, 5.74) is -2.77. The molecule has 0 bridgehead atoms. The van der Waals surface area contributed by atoms with Crippen LogP contribution >= 0.6 is 0 Å². The zero-order valence-corrected chi connectivity index (χ0v) is 33.9. The van der Waals surface area contributed by atoms with E-state index in [0.717, 1.165) is 10.8 Å². The number of fused-ring (bicyclic) bond motifs is 1. The molecule has 2 aliphatic rings. The highest BCUT2D eigenvalue weighted by molar-refractivity contribution is 5.99. The summed E-state index contributed by atoms with van der Waals surface area (Å²) >= 11 is 0. The van der Waals surface area contributed by atoms with Gasteiger partial charge in [0.1, 0.15) is 22.4 Å². The third-order valence-electron chi connectivity index (χ3n) is 8.03. The van der Waals surface area contributed by atoms with Gasteiger partial charge in [0.05, 0.1) is 24.2 Å². The number of rotatable bonds is 6. The molecule has 2 aliphatic heterocycles. The van der Waals surface area contributed by atoms with Gasteiger partial charge in [-0.05, 0) is 95.9 Å². The Morgan fingerprint density at radius 3 is 0.963 bits per heavy atom. The number of alkyl carbamates (subject to hydrolysis) is 4. The first kappa shape index (κ1) is 42.0. The molecule has 4 rings (SSSR count). The molecular weight excluding hydrogens is 696 g/mol. The van der Waals surface area contributed by atoms with Crippen molar-refractivity contribution in [1.29, 1.82) is 0 Å². The molecule has 4 unspecified atom stereocenters. The quantitative estimate of drug-likeness (QED) is 0.267. The van der Waals surface area contributed by atoms with Crippen LogP contribution in [0, 0.1) is 0 Å². The number of nitrogens with zero attached hydrogens (tertiary/aromatic N) is 4. The fraction of sp³-hybridized carbons (Fsp3) is 0.684. The number of hydrogen-bond acceptors (Lipinski definition) is 12. The Labute approximate surface area is 318 Å². The van der Waals surface area contributed by atoms with Gasteiger partial charge in [-0.25, -0.2) is 19.2 Å². The molecule has 1 aromatic heterocycles. The van der Waals surface area contributed by atoms with Gasteiger partial charge in [-0.1, -0.05) is 24.3 Å². The molecule has 54 heavy (non-hydrogen) atoms. The van der Waals surface area contributed by atoms with Crippen LogP contribution in [0.15, 0.2) is 24.3 Å². The number of carbonyl (C=O) groups excluding carboxylic acids is 4. The van der Waals surface area contributed by atoms with Crippen molar-refractivity contribution in [2.75, 3.05) is 36.0 Å². The fourth-order valence-electron chi connectivity index (χ4n) is 6.40. The first-order valence-electron chi connectivity index (χ1n) is 18.6. The maximum absolute atomic E-state index is 12.9. The Bertz CT molecular complexity index is 1460. The summed E-state index contributed by atoms with van der Waals surface area (Å²) in [4.78, 5) is 55.5. The molecule has 0 radical (unpaired) electrons. The number of amides is 4. The zero-order valence-electron chi connectivity index (χ0n) is 33.9. The van der Waals surface area contributed by atoms with Crippen LogP contribution in [-0.2, 0) is 18.9 Å². The molecule has 2 saturated heterocycles. The van der Waals surface area contributed by atoms with E-state index >= 15 is 0 Å². The predicted molar refractivity (Wildman–Crippen MR) is 206 cm³/mol. The lowest BCUT2D eigenvalue weighted by molar-refractivity contribution is 0.0452. The van der Waals surface area contributed by atoms with Crippen LogP contribution in [-0.4, -0.2) is 107 Å². The van der Waals surface area contributed by atoms with E-state index < -0.39 is 70.9 Å². The summed E-state index contributed by atoms with van der Waals surface area (Å²) in [6.07, 6.45) is -1.39. The number of carbonyl (C=O) groups is 4. The van der Waals surface area contributed by atoms with Crippen LogP contribution in [0.2, 0.25) is 0 Å². The lowest BCUT2D eigenvalue weighted by Crippen LogP contribution is -2.58. The normalized spacial score (nSPS) is 21.1. The molecule has 4 atom stereocenters. The summed E-state index contributed by atoms with van der Waals surface area (Å²) in [7, 11) is 0. The van der Waals surface area contributed by atoms with Crippen LogP contribution in [0.1, 0.15) is 95.9 Å². The molecule has 0 saturated carbocycles. The highest BCUT2D eigenvalue weighted by Crippen LogP contribution is 2.33. The Balaban J connectivity index is 1.66. The highest BCUT2D eigenvalue weighted by Gasteiger charge is 2.36. The minimum Gasteiger partial charge on any atom is -0.444 e. The minimum atomic E-state index is -0.693. The van der Waals surface area contributed by atoms with Gasteiger partial charge in [0, 0.05) is 37.0 Å². The van der Waals surface area contributed by atoms with E-state index in [2.05, 4.69) is 21.3 Å². The van der Waals surface area contributed by atoms with Crippen molar-refractivity contribution in [3.63, 3.8) is 0 Å². The fourth-order valence-corrected chi connectivity index (χ4v) is 6.40. The van der Waals surface area contributed by atoms with Crippen molar-refractivity contribution in [2.24, 2.45) is 0 Å². The molecule has 0 spiro atoms. The summed E-state index contributed by atoms with van der Waals surface area (Å²) in [6, 6.07) is 6.08. The van der Waals surface area contributed by atoms with Crippen molar-refractivity contribution in [2.45, 2.75) is 142 Å². The second kappa shape index (κ2) is 16.3. The Hall–Kier alpha value is -4.76. The van der Waals surface area contributed by atoms with Gasteiger partial charge in [-0.2, -0.15) is 0 Å². The van der Waals surface area contributed by atoms with Gasteiger partial charge in [0.2, 0.25) is 0 Å². The third-order valence-corrected chi connectivity index (χ3v) is 8.03. The van der Waals surface area contributed by atoms with E-state index in [4.69, 9.17) is 29.1 Å². The molecular formula is C38H60N8O8. The SMILES string of the molecule is CC(C)(C)OC(=O)NC1CC(NC(=O)OC(C)(C)C)CN(c2nnc(N3CC(NC(=O)OC(C)(C)C)CC(NC(=O)OC(C)(C)C)C3)c3ccccc23)C1. The van der Waals surface area contributed by atoms with Crippen LogP contribution in [0.3, 0.4) is 0 Å². The molecule has 300 valence electrons. The summed E-state index contributed by atoms with van der Waals surface area (Å²) < 4.78 is 22.2. The first-order chi connectivity index (χ1) is 24.8. The van der Waals surface area contributed by atoms with Crippen LogP contribution in [0.25, 0.3) is 10.8 Å². The minimum absolute atomic E-state index is 0.372. The first-order valence-corrected chi connectivity index (χ1v) is 18.6. The van der Waals surface area contributed by atoms with Crippen LogP contribution in [0.5, 0.6) is 0 Å². The molecule has 4 amide bonds. The van der Waals surface area contributed by atoms with E-state index in [1.54, 1.807) is 83.1 Å². The van der Waals surface area contributed by atoms with Crippen LogP contribution in [0.4, 0.5) is 30.8 Å². The van der Waals surface area contributed by atoms with E-state index in [1.165, 1.54) is 0 Å². The van der Waals surface area contributed by atoms with Crippen molar-refractivity contribution in [1.82, 2.24) is 31.5 Å². The van der Waals surface area contributed by atoms with Crippen molar-refractivity contribution >= 4 is 46.8 Å². The number of nitrogens with one attached hydrogen (secondary N) is 4. The molecule has 2 fully saturated rings. The van der Waals surface area contributed by atoms with Gasteiger partial charge in [0.25, 0.3) is 0 Å². The number of anilines is 2. The molecule has 1 aromatic carbocycles. The van der Waals surface area contributed by atoms with Gasteiger partial charge in [-0.15, -0.1) is 10.2 Å². The maximum atomic E-state index is 12.9. The third kappa shape index (κ3) is 13.3. The average molecular weight is 757 g/mol. The van der Waals surface area contributed by atoms with Gasteiger partial charge >= 0.3 is 24.4 Å². The van der Waals surface area contributed by atoms with E-state index in [9.17, 15) is 19.2 Å². The number of hydrogen-bond donors (Lipinski definition) is 4. The molecule has 4 N–H and O–H groups in total. The van der Waals surface area contributed by atoms with E-state index in [1.807, 2.05) is 34.1 Å². The smallest absolute Gasteiger partial charge is 0.407 e. The largest absolute Gasteiger partial charge is 0.444 e. The second-order valence-electron chi connectivity index (χ2n) is 18.0. The molecule has 3 heterocycles. The molecule has 2 aromatic rings. The predicted octanol–water partition coefficient (Wildman–Crippen LogP) is 5.62. The molecule has 16 nitrogen and oxygen atoms in total. The zero-order chi connectivity index (χ0) is 40.2. The van der Waals surface area contributed by atoms with Gasteiger partial charge < -0.3 is 50.0 Å².